The highest BCUT2D eigenvalue weighted by atomic mass is 19.1. The van der Waals surface area contributed by atoms with Gasteiger partial charge < -0.3 is 10.0 Å². The first-order valence-electron chi connectivity index (χ1n) is 6.76. The van der Waals surface area contributed by atoms with Gasteiger partial charge in [0.05, 0.1) is 6.61 Å². The number of aliphatic hydroxyl groups is 1. The van der Waals surface area contributed by atoms with E-state index >= 15 is 0 Å². The van der Waals surface area contributed by atoms with E-state index in [1.807, 2.05) is 0 Å². The second kappa shape index (κ2) is 7.37. The Morgan fingerprint density at radius 2 is 2.00 bits per heavy atom. The number of halogens is 1. The maximum Gasteiger partial charge on any atom is 0.123 e. The van der Waals surface area contributed by atoms with Gasteiger partial charge in [0, 0.05) is 23.8 Å². The lowest BCUT2D eigenvalue weighted by atomic mass is 10.1. The van der Waals surface area contributed by atoms with Gasteiger partial charge >= 0.3 is 0 Å². The third-order valence-electron chi connectivity index (χ3n) is 3.15. The van der Waals surface area contributed by atoms with Gasteiger partial charge in [0.1, 0.15) is 5.82 Å². The summed E-state index contributed by atoms with van der Waals surface area (Å²) in [6.45, 7) is 7.25. The molecule has 1 aromatic rings. The van der Waals surface area contributed by atoms with Gasteiger partial charge in [0.15, 0.2) is 0 Å². The summed E-state index contributed by atoms with van der Waals surface area (Å²) >= 11 is 0. The summed E-state index contributed by atoms with van der Waals surface area (Å²) in [5.41, 5.74) is 1.62. The van der Waals surface area contributed by atoms with E-state index in [0.29, 0.717) is 11.6 Å². The van der Waals surface area contributed by atoms with E-state index in [9.17, 15) is 9.50 Å². The van der Waals surface area contributed by atoms with Crippen LogP contribution in [0.4, 0.5) is 10.1 Å². The lowest BCUT2D eigenvalue weighted by molar-refractivity contribution is 0.281. The third-order valence-corrected chi connectivity index (χ3v) is 3.15. The molecule has 1 aromatic carbocycles. The number of hydrogen-bond acceptors (Lipinski definition) is 2. The Kier molecular flexibility index (Phi) is 6.13. The van der Waals surface area contributed by atoms with Crippen molar-refractivity contribution in [2.45, 2.75) is 52.7 Å². The Bertz CT molecular complexity index is 366. The van der Waals surface area contributed by atoms with Crippen molar-refractivity contribution in [3.05, 3.63) is 29.6 Å². The Morgan fingerprint density at radius 3 is 2.56 bits per heavy atom. The van der Waals surface area contributed by atoms with Gasteiger partial charge in [0.2, 0.25) is 0 Å². The van der Waals surface area contributed by atoms with Crippen molar-refractivity contribution >= 4 is 5.69 Å². The van der Waals surface area contributed by atoms with E-state index in [-0.39, 0.29) is 12.4 Å². The molecule has 102 valence electrons. The molecular weight excluding hydrogens is 229 g/mol. The van der Waals surface area contributed by atoms with Crippen LogP contribution in [0.1, 0.15) is 45.6 Å². The SMILES string of the molecule is CCCCCN(c1ccc(F)cc1CO)C(C)C. The van der Waals surface area contributed by atoms with Gasteiger partial charge in [0.25, 0.3) is 0 Å². The van der Waals surface area contributed by atoms with Crippen molar-refractivity contribution < 1.29 is 9.50 Å². The van der Waals surface area contributed by atoms with Crippen LogP contribution in [0.25, 0.3) is 0 Å². The molecule has 0 saturated heterocycles. The van der Waals surface area contributed by atoms with Crippen molar-refractivity contribution in [2.24, 2.45) is 0 Å². The monoisotopic (exact) mass is 253 g/mol. The standard InChI is InChI=1S/C15H24FNO/c1-4-5-6-9-17(12(2)3)15-8-7-14(16)10-13(15)11-18/h7-8,10,12,18H,4-6,9,11H2,1-3H3. The first-order valence-corrected chi connectivity index (χ1v) is 6.76. The van der Waals surface area contributed by atoms with Crippen molar-refractivity contribution in [1.29, 1.82) is 0 Å². The predicted octanol–water partition coefficient (Wildman–Crippen LogP) is 3.72. The quantitative estimate of drug-likeness (QED) is 0.749. The average molecular weight is 253 g/mol. The molecule has 0 aliphatic rings. The number of benzene rings is 1. The van der Waals surface area contributed by atoms with Crippen molar-refractivity contribution in [3.63, 3.8) is 0 Å². The van der Waals surface area contributed by atoms with Crippen LogP contribution in [0.2, 0.25) is 0 Å². The second-order valence-corrected chi connectivity index (χ2v) is 4.93. The zero-order valence-corrected chi connectivity index (χ0v) is 11.6. The van der Waals surface area contributed by atoms with Crippen LogP contribution in [0.3, 0.4) is 0 Å². The highest BCUT2D eigenvalue weighted by molar-refractivity contribution is 5.54. The van der Waals surface area contributed by atoms with E-state index < -0.39 is 0 Å². The maximum atomic E-state index is 13.2. The average Bonchev–Trinajstić information content (AvgIpc) is 2.35. The number of hydrogen-bond donors (Lipinski definition) is 1. The molecule has 0 spiro atoms. The molecule has 0 unspecified atom stereocenters. The van der Waals surface area contributed by atoms with Crippen molar-refractivity contribution in [2.75, 3.05) is 11.4 Å². The molecule has 1 N–H and O–H groups in total. The lowest BCUT2D eigenvalue weighted by Gasteiger charge is -2.30. The zero-order valence-electron chi connectivity index (χ0n) is 11.6. The van der Waals surface area contributed by atoms with Crippen LogP contribution < -0.4 is 4.90 Å². The van der Waals surface area contributed by atoms with E-state index in [4.69, 9.17) is 0 Å². The Balaban J connectivity index is 2.90. The van der Waals surface area contributed by atoms with Crippen LogP contribution in [0, 0.1) is 5.82 Å². The van der Waals surface area contributed by atoms with E-state index in [0.717, 1.165) is 18.7 Å². The molecule has 0 bridgehead atoms. The Labute approximate surface area is 109 Å². The van der Waals surface area contributed by atoms with Crippen molar-refractivity contribution in [3.8, 4) is 0 Å². The normalized spacial score (nSPS) is 11.0. The number of rotatable bonds is 7. The molecule has 0 saturated carbocycles. The predicted molar refractivity (Wildman–Crippen MR) is 74.3 cm³/mol. The summed E-state index contributed by atoms with van der Waals surface area (Å²) in [7, 11) is 0. The number of unbranched alkanes of at least 4 members (excludes halogenated alkanes) is 2. The molecule has 3 heteroatoms. The lowest BCUT2D eigenvalue weighted by Crippen LogP contribution is -2.32. The summed E-state index contributed by atoms with van der Waals surface area (Å²) in [6.07, 6.45) is 3.50. The van der Waals surface area contributed by atoms with E-state index in [1.165, 1.54) is 25.0 Å². The Morgan fingerprint density at radius 1 is 1.28 bits per heavy atom. The Hall–Kier alpha value is -1.09. The highest BCUT2D eigenvalue weighted by Gasteiger charge is 2.14. The van der Waals surface area contributed by atoms with Crippen molar-refractivity contribution in [1.82, 2.24) is 0 Å². The molecule has 0 aromatic heterocycles. The molecule has 0 radical (unpaired) electrons. The third kappa shape index (κ3) is 3.98. The molecule has 0 heterocycles. The van der Waals surface area contributed by atoms with Gasteiger partial charge in [-0.25, -0.2) is 4.39 Å². The molecular formula is C15H24FNO. The van der Waals surface area contributed by atoms with Crippen LogP contribution >= 0.6 is 0 Å². The minimum absolute atomic E-state index is 0.121. The molecule has 0 fully saturated rings. The number of anilines is 1. The van der Waals surface area contributed by atoms with Gasteiger partial charge in [-0.05, 0) is 38.5 Å². The number of aliphatic hydroxyl groups excluding tert-OH is 1. The molecule has 2 nitrogen and oxygen atoms in total. The first kappa shape index (κ1) is 15.0. The highest BCUT2D eigenvalue weighted by Crippen LogP contribution is 2.24. The summed E-state index contributed by atoms with van der Waals surface area (Å²) in [5, 5.41) is 9.35. The van der Waals surface area contributed by atoms with Gasteiger partial charge in [-0.1, -0.05) is 19.8 Å². The second-order valence-electron chi connectivity index (χ2n) is 4.93. The smallest absolute Gasteiger partial charge is 0.123 e. The fourth-order valence-electron chi connectivity index (χ4n) is 2.15. The topological polar surface area (TPSA) is 23.5 Å². The number of nitrogens with zero attached hydrogens (tertiary/aromatic N) is 1. The molecule has 0 atom stereocenters. The maximum absolute atomic E-state index is 13.2. The minimum atomic E-state index is -0.292. The van der Waals surface area contributed by atoms with Crippen LogP contribution in [-0.4, -0.2) is 17.7 Å². The molecule has 18 heavy (non-hydrogen) atoms. The van der Waals surface area contributed by atoms with Crippen LogP contribution in [0.15, 0.2) is 18.2 Å². The fraction of sp³-hybridized carbons (Fsp3) is 0.600. The van der Waals surface area contributed by atoms with E-state index in [2.05, 4.69) is 25.7 Å². The minimum Gasteiger partial charge on any atom is -0.392 e. The van der Waals surface area contributed by atoms with E-state index in [1.54, 1.807) is 6.07 Å². The molecule has 1 rings (SSSR count). The first-order chi connectivity index (χ1) is 8.60. The van der Waals surface area contributed by atoms with Crippen LogP contribution in [0.5, 0.6) is 0 Å². The summed E-state index contributed by atoms with van der Waals surface area (Å²) < 4.78 is 13.2. The van der Waals surface area contributed by atoms with Crippen LogP contribution in [-0.2, 0) is 6.61 Å². The molecule has 0 amide bonds. The molecule has 0 aliphatic heterocycles. The summed E-state index contributed by atoms with van der Waals surface area (Å²) in [4.78, 5) is 2.24. The van der Waals surface area contributed by atoms with Gasteiger partial charge in [-0.15, -0.1) is 0 Å². The largest absolute Gasteiger partial charge is 0.392 e. The summed E-state index contributed by atoms with van der Waals surface area (Å²) in [6, 6.07) is 5.00. The van der Waals surface area contributed by atoms with Gasteiger partial charge in [-0.2, -0.15) is 0 Å². The van der Waals surface area contributed by atoms with Gasteiger partial charge in [-0.3, -0.25) is 0 Å². The summed E-state index contributed by atoms with van der Waals surface area (Å²) in [5.74, 6) is -0.292. The fourth-order valence-corrected chi connectivity index (χ4v) is 2.15. The zero-order chi connectivity index (χ0) is 13.5. The molecule has 0 aliphatic carbocycles.